The van der Waals surface area contributed by atoms with Crippen molar-refractivity contribution in [1.29, 1.82) is 0 Å². The first kappa shape index (κ1) is 19.6. The Morgan fingerprint density at radius 1 is 0.667 bits per heavy atom. The zero-order chi connectivity index (χ0) is 20.8. The number of hydrogen-bond acceptors (Lipinski definition) is 4. The monoisotopic (exact) mass is 398 g/mol. The Hall–Kier alpha value is -3.66. The molecule has 0 atom stereocenters. The van der Waals surface area contributed by atoms with Gasteiger partial charge in [0.25, 0.3) is 0 Å². The Kier molecular flexibility index (Phi) is 6.04. The average molecular weight is 398 g/mol. The first-order valence-electron chi connectivity index (χ1n) is 10.0. The van der Waals surface area contributed by atoms with E-state index in [2.05, 4.69) is 6.07 Å². The SMILES string of the molecule is O=C(CCC(=O)Oc1c2ccccc2cc2ccccc12)OCCc1ccccc1. The first-order chi connectivity index (χ1) is 14.7. The van der Waals surface area contributed by atoms with E-state index in [9.17, 15) is 9.59 Å². The molecule has 0 saturated carbocycles. The van der Waals surface area contributed by atoms with Gasteiger partial charge >= 0.3 is 11.9 Å². The summed E-state index contributed by atoms with van der Waals surface area (Å²) in [7, 11) is 0. The molecule has 0 aromatic heterocycles. The number of esters is 2. The highest BCUT2D eigenvalue weighted by atomic mass is 16.5. The summed E-state index contributed by atoms with van der Waals surface area (Å²) < 4.78 is 11.0. The molecule has 0 spiro atoms. The lowest BCUT2D eigenvalue weighted by Gasteiger charge is -2.12. The zero-order valence-corrected chi connectivity index (χ0v) is 16.5. The van der Waals surface area contributed by atoms with Crippen molar-refractivity contribution < 1.29 is 19.1 Å². The molecule has 150 valence electrons. The summed E-state index contributed by atoms with van der Waals surface area (Å²) in [6, 6.07) is 27.5. The van der Waals surface area contributed by atoms with E-state index in [1.165, 1.54) is 0 Å². The number of hydrogen-bond donors (Lipinski definition) is 0. The van der Waals surface area contributed by atoms with E-state index in [0.29, 0.717) is 18.8 Å². The summed E-state index contributed by atoms with van der Waals surface area (Å²) >= 11 is 0. The number of carbonyl (C=O) groups excluding carboxylic acids is 2. The molecule has 0 heterocycles. The smallest absolute Gasteiger partial charge is 0.311 e. The maximum atomic E-state index is 12.5. The average Bonchev–Trinajstić information content (AvgIpc) is 2.78. The normalized spacial score (nSPS) is 10.8. The molecule has 4 rings (SSSR count). The van der Waals surface area contributed by atoms with E-state index in [0.717, 1.165) is 27.1 Å². The Balaban J connectivity index is 1.38. The molecule has 0 radical (unpaired) electrons. The van der Waals surface area contributed by atoms with Crippen LogP contribution in [-0.4, -0.2) is 18.5 Å². The zero-order valence-electron chi connectivity index (χ0n) is 16.5. The summed E-state index contributed by atoms with van der Waals surface area (Å²) in [5.74, 6) is -0.312. The lowest BCUT2D eigenvalue weighted by molar-refractivity contribution is -0.146. The van der Waals surface area contributed by atoms with Gasteiger partial charge in [-0.15, -0.1) is 0 Å². The van der Waals surface area contributed by atoms with Crippen LogP contribution >= 0.6 is 0 Å². The second-order valence-corrected chi connectivity index (χ2v) is 7.08. The fourth-order valence-corrected chi connectivity index (χ4v) is 3.45. The molecule has 4 nitrogen and oxygen atoms in total. The van der Waals surface area contributed by atoms with Crippen LogP contribution in [0.15, 0.2) is 84.9 Å². The van der Waals surface area contributed by atoms with Crippen molar-refractivity contribution >= 4 is 33.5 Å². The van der Waals surface area contributed by atoms with Crippen LogP contribution in [0.5, 0.6) is 5.75 Å². The van der Waals surface area contributed by atoms with Crippen LogP contribution in [0, 0.1) is 0 Å². The van der Waals surface area contributed by atoms with Gasteiger partial charge < -0.3 is 9.47 Å². The van der Waals surface area contributed by atoms with Crippen LogP contribution in [0.2, 0.25) is 0 Å². The Bertz CT molecular complexity index is 1130. The van der Waals surface area contributed by atoms with E-state index in [1.54, 1.807) is 0 Å². The summed E-state index contributed by atoms with van der Waals surface area (Å²) in [4.78, 5) is 24.5. The minimum atomic E-state index is -0.448. The van der Waals surface area contributed by atoms with Crippen LogP contribution in [0.3, 0.4) is 0 Å². The van der Waals surface area contributed by atoms with Gasteiger partial charge in [-0.05, 0) is 22.4 Å². The number of benzene rings is 4. The summed E-state index contributed by atoms with van der Waals surface area (Å²) in [6.45, 7) is 0.297. The van der Waals surface area contributed by atoms with E-state index < -0.39 is 11.9 Å². The van der Waals surface area contributed by atoms with Gasteiger partial charge in [-0.2, -0.15) is 0 Å². The van der Waals surface area contributed by atoms with Crippen molar-refractivity contribution in [3.63, 3.8) is 0 Å². The van der Waals surface area contributed by atoms with Gasteiger partial charge in [0.1, 0.15) is 5.75 Å². The van der Waals surface area contributed by atoms with Crippen LogP contribution in [0.1, 0.15) is 18.4 Å². The van der Waals surface area contributed by atoms with Crippen molar-refractivity contribution in [3.8, 4) is 5.75 Å². The topological polar surface area (TPSA) is 52.6 Å². The van der Waals surface area contributed by atoms with Gasteiger partial charge in [0.2, 0.25) is 0 Å². The lowest BCUT2D eigenvalue weighted by Crippen LogP contribution is -2.13. The molecule has 0 aliphatic carbocycles. The molecular formula is C26H22O4. The number of rotatable bonds is 7. The third kappa shape index (κ3) is 4.66. The molecule has 0 aliphatic rings. The Labute approximate surface area is 175 Å². The van der Waals surface area contributed by atoms with E-state index in [-0.39, 0.29) is 12.8 Å². The second kappa shape index (κ2) is 9.23. The molecule has 0 N–H and O–H groups in total. The molecule has 30 heavy (non-hydrogen) atoms. The van der Waals surface area contributed by atoms with Gasteiger partial charge in [0, 0.05) is 17.2 Å². The van der Waals surface area contributed by atoms with E-state index in [4.69, 9.17) is 9.47 Å². The summed E-state index contributed by atoms with van der Waals surface area (Å²) in [5.41, 5.74) is 1.10. The Morgan fingerprint density at radius 3 is 1.90 bits per heavy atom. The molecule has 0 bridgehead atoms. The lowest BCUT2D eigenvalue weighted by atomic mass is 10.0. The highest BCUT2D eigenvalue weighted by Gasteiger charge is 2.14. The molecule has 4 aromatic rings. The van der Waals surface area contributed by atoms with Gasteiger partial charge in [-0.1, -0.05) is 78.9 Å². The molecular weight excluding hydrogens is 376 g/mol. The molecule has 4 aromatic carbocycles. The molecule has 0 saturated heterocycles. The van der Waals surface area contributed by atoms with Crippen molar-refractivity contribution in [3.05, 3.63) is 90.5 Å². The largest absolute Gasteiger partial charge is 0.465 e. The van der Waals surface area contributed by atoms with Gasteiger partial charge in [-0.25, -0.2) is 0 Å². The first-order valence-corrected chi connectivity index (χ1v) is 10.0. The number of carbonyl (C=O) groups is 2. The standard InChI is InChI=1S/C26H22O4/c27-24(29-17-16-19-8-2-1-3-9-19)14-15-25(28)30-26-22-12-6-4-10-20(22)18-21-11-5-7-13-23(21)26/h1-13,18H,14-17H2. The van der Waals surface area contributed by atoms with Crippen LogP contribution < -0.4 is 4.74 Å². The quantitative estimate of drug-likeness (QED) is 0.235. The highest BCUT2D eigenvalue weighted by molar-refractivity contribution is 6.06. The maximum Gasteiger partial charge on any atom is 0.311 e. The second-order valence-electron chi connectivity index (χ2n) is 7.08. The van der Waals surface area contributed by atoms with Gasteiger partial charge in [0.15, 0.2) is 0 Å². The predicted molar refractivity (Wildman–Crippen MR) is 117 cm³/mol. The maximum absolute atomic E-state index is 12.5. The summed E-state index contributed by atoms with van der Waals surface area (Å²) in [5, 5.41) is 3.74. The van der Waals surface area contributed by atoms with E-state index >= 15 is 0 Å². The van der Waals surface area contributed by atoms with Crippen molar-refractivity contribution in [2.24, 2.45) is 0 Å². The van der Waals surface area contributed by atoms with Crippen molar-refractivity contribution in [1.82, 2.24) is 0 Å². The van der Waals surface area contributed by atoms with Crippen molar-refractivity contribution in [2.45, 2.75) is 19.3 Å². The number of fused-ring (bicyclic) bond motifs is 2. The number of ether oxygens (including phenoxy) is 2. The highest BCUT2D eigenvalue weighted by Crippen LogP contribution is 2.35. The summed E-state index contributed by atoms with van der Waals surface area (Å²) in [6.07, 6.45) is 0.622. The van der Waals surface area contributed by atoms with Gasteiger partial charge in [-0.3, -0.25) is 9.59 Å². The predicted octanol–water partition coefficient (Wildman–Crippen LogP) is 5.46. The van der Waals surface area contributed by atoms with Crippen LogP contribution in [0.25, 0.3) is 21.5 Å². The fourth-order valence-electron chi connectivity index (χ4n) is 3.45. The molecule has 0 amide bonds. The third-order valence-corrected chi connectivity index (χ3v) is 4.97. The van der Waals surface area contributed by atoms with Crippen LogP contribution in [-0.2, 0) is 20.7 Å². The van der Waals surface area contributed by atoms with E-state index in [1.807, 2.05) is 78.9 Å². The molecule has 0 aliphatic heterocycles. The minimum absolute atomic E-state index is 0.00365. The van der Waals surface area contributed by atoms with Gasteiger partial charge in [0.05, 0.1) is 19.4 Å². The van der Waals surface area contributed by atoms with Crippen molar-refractivity contribution in [2.75, 3.05) is 6.61 Å². The molecule has 0 unspecified atom stereocenters. The minimum Gasteiger partial charge on any atom is -0.465 e. The third-order valence-electron chi connectivity index (χ3n) is 4.97. The molecule has 4 heteroatoms. The Morgan fingerprint density at radius 2 is 1.23 bits per heavy atom. The molecule has 0 fully saturated rings. The fraction of sp³-hybridized carbons (Fsp3) is 0.154. The van der Waals surface area contributed by atoms with Crippen LogP contribution in [0.4, 0.5) is 0 Å².